The van der Waals surface area contributed by atoms with Gasteiger partial charge in [-0.25, -0.2) is 9.97 Å². The molecule has 35 heavy (non-hydrogen) atoms. The third-order valence-corrected chi connectivity index (χ3v) is 6.63. The van der Waals surface area contributed by atoms with E-state index in [9.17, 15) is 4.79 Å². The third-order valence-electron chi connectivity index (χ3n) is 6.63. The zero-order valence-electron chi connectivity index (χ0n) is 19.6. The fourth-order valence-electron chi connectivity index (χ4n) is 4.69. The van der Waals surface area contributed by atoms with Crippen LogP contribution in [0.25, 0.3) is 27.5 Å². The van der Waals surface area contributed by atoms with E-state index < -0.39 is 0 Å². The molecule has 1 N–H and O–H groups in total. The Morgan fingerprint density at radius 2 is 1.49 bits per heavy atom. The van der Waals surface area contributed by atoms with Crippen LogP contribution in [-0.2, 0) is 0 Å². The van der Waals surface area contributed by atoms with E-state index in [1.165, 1.54) is 5.69 Å². The second kappa shape index (κ2) is 8.85. The molecule has 0 atom stereocenters. The Kier molecular flexibility index (Phi) is 5.39. The Labute approximate surface area is 203 Å². The number of hydrogen-bond acceptors (Lipinski definition) is 6. The van der Waals surface area contributed by atoms with Gasteiger partial charge in [-0.15, -0.1) is 0 Å². The minimum absolute atomic E-state index is 0.132. The second-order valence-corrected chi connectivity index (χ2v) is 8.91. The van der Waals surface area contributed by atoms with Crippen molar-refractivity contribution in [2.75, 3.05) is 43.4 Å². The van der Waals surface area contributed by atoms with Crippen LogP contribution >= 0.6 is 0 Å². The minimum Gasteiger partial charge on any atom is -0.369 e. The van der Waals surface area contributed by atoms with Gasteiger partial charge in [0.25, 0.3) is 5.56 Å². The Bertz CT molecular complexity index is 1550. The molecule has 2 aromatic heterocycles. The zero-order chi connectivity index (χ0) is 23.8. The lowest BCUT2D eigenvalue weighted by atomic mass is 10.1. The van der Waals surface area contributed by atoms with Crippen molar-refractivity contribution in [1.82, 2.24) is 19.4 Å². The van der Waals surface area contributed by atoms with Gasteiger partial charge in [0.15, 0.2) is 0 Å². The summed E-state index contributed by atoms with van der Waals surface area (Å²) in [4.78, 5) is 27.5. The summed E-state index contributed by atoms with van der Waals surface area (Å²) < 4.78 is 1.73. The molecule has 0 unspecified atom stereocenters. The minimum atomic E-state index is -0.132. The van der Waals surface area contributed by atoms with E-state index in [0.717, 1.165) is 48.5 Å². The van der Waals surface area contributed by atoms with Gasteiger partial charge in [-0.05, 0) is 49.5 Å². The number of benzene rings is 3. The van der Waals surface area contributed by atoms with E-state index in [1.54, 1.807) is 10.8 Å². The molecule has 0 radical (unpaired) electrons. The molecule has 0 bridgehead atoms. The van der Waals surface area contributed by atoms with Crippen LogP contribution in [0, 0.1) is 0 Å². The van der Waals surface area contributed by atoms with Gasteiger partial charge in [0.1, 0.15) is 0 Å². The number of aromatic nitrogens is 3. The Balaban J connectivity index is 1.36. The highest BCUT2D eigenvalue weighted by Gasteiger charge is 2.16. The lowest BCUT2D eigenvalue weighted by Gasteiger charge is -2.34. The average molecular weight is 463 g/mol. The van der Waals surface area contributed by atoms with Crippen LogP contribution in [0.3, 0.4) is 0 Å². The van der Waals surface area contributed by atoms with Crippen molar-refractivity contribution in [3.05, 3.63) is 95.4 Å². The van der Waals surface area contributed by atoms with Crippen molar-refractivity contribution in [2.45, 2.75) is 0 Å². The largest absolute Gasteiger partial charge is 0.369 e. The fourth-order valence-corrected chi connectivity index (χ4v) is 4.69. The van der Waals surface area contributed by atoms with E-state index in [4.69, 9.17) is 4.98 Å². The summed E-state index contributed by atoms with van der Waals surface area (Å²) in [5, 5.41) is 4.70. The summed E-state index contributed by atoms with van der Waals surface area (Å²) in [5.41, 5.74) is 4.27. The van der Waals surface area contributed by atoms with Gasteiger partial charge in [0, 0.05) is 54.8 Å². The van der Waals surface area contributed by atoms with Crippen LogP contribution in [0.1, 0.15) is 0 Å². The first-order valence-corrected chi connectivity index (χ1v) is 11.8. The highest BCUT2D eigenvalue weighted by molar-refractivity contribution is 6.03. The van der Waals surface area contributed by atoms with Gasteiger partial charge in [0.05, 0.1) is 16.4 Å². The lowest BCUT2D eigenvalue weighted by Crippen LogP contribution is -2.44. The highest BCUT2D eigenvalue weighted by Crippen LogP contribution is 2.26. The monoisotopic (exact) mass is 462 g/mol. The number of pyridine rings is 1. The normalized spacial score (nSPS) is 14.5. The molecule has 0 aliphatic carbocycles. The molecule has 0 saturated carbocycles. The third kappa shape index (κ3) is 4.00. The number of fused-ring (bicyclic) bond motifs is 3. The summed E-state index contributed by atoms with van der Waals surface area (Å²) >= 11 is 0. The van der Waals surface area contributed by atoms with Crippen LogP contribution in [0.2, 0.25) is 0 Å². The molecule has 7 nitrogen and oxygen atoms in total. The summed E-state index contributed by atoms with van der Waals surface area (Å²) in [7, 11) is 2.16. The van der Waals surface area contributed by atoms with E-state index in [2.05, 4.69) is 39.3 Å². The zero-order valence-corrected chi connectivity index (χ0v) is 19.6. The van der Waals surface area contributed by atoms with Crippen molar-refractivity contribution in [1.29, 1.82) is 0 Å². The van der Waals surface area contributed by atoms with Crippen molar-refractivity contribution >= 4 is 39.1 Å². The molecular weight excluding hydrogens is 436 g/mol. The second-order valence-electron chi connectivity index (χ2n) is 8.91. The average Bonchev–Trinajstić information content (AvgIpc) is 2.90. The van der Waals surface area contributed by atoms with Gasteiger partial charge >= 0.3 is 0 Å². The molecule has 7 heteroatoms. The van der Waals surface area contributed by atoms with Gasteiger partial charge in [-0.2, -0.15) is 0 Å². The lowest BCUT2D eigenvalue weighted by molar-refractivity contribution is 0.313. The number of piperazine rings is 1. The molecule has 3 heterocycles. The quantitative estimate of drug-likeness (QED) is 0.399. The first-order valence-electron chi connectivity index (χ1n) is 11.8. The summed E-state index contributed by atoms with van der Waals surface area (Å²) in [6, 6.07) is 25.9. The van der Waals surface area contributed by atoms with Crippen LogP contribution < -0.4 is 15.8 Å². The molecule has 1 saturated heterocycles. The molecule has 0 spiro atoms. The SMILES string of the molecule is CN1CCN(c2ccc(Nc3ncc4c(=O)n(-c5ccccc5)c5ccccc5c4n3)cc2)CC1. The number of hydrogen-bond donors (Lipinski definition) is 1. The number of rotatable bonds is 4. The number of nitrogens with zero attached hydrogens (tertiary/aromatic N) is 5. The molecule has 5 aromatic rings. The van der Waals surface area contributed by atoms with Crippen molar-refractivity contribution in [3.63, 3.8) is 0 Å². The van der Waals surface area contributed by atoms with Gasteiger partial charge < -0.3 is 15.1 Å². The van der Waals surface area contributed by atoms with Crippen LogP contribution in [0.15, 0.2) is 89.9 Å². The maximum Gasteiger partial charge on any atom is 0.266 e. The number of likely N-dealkylation sites (N-methyl/N-ethyl adjacent to an activating group) is 1. The van der Waals surface area contributed by atoms with E-state index in [-0.39, 0.29) is 5.56 Å². The van der Waals surface area contributed by atoms with Crippen LogP contribution in [-0.4, -0.2) is 52.7 Å². The van der Waals surface area contributed by atoms with E-state index in [1.807, 2.05) is 66.7 Å². The Hall–Kier alpha value is -4.23. The molecular formula is C28H26N6O. The maximum atomic E-state index is 13.5. The summed E-state index contributed by atoms with van der Waals surface area (Å²) in [6.07, 6.45) is 1.62. The van der Waals surface area contributed by atoms with E-state index in [0.29, 0.717) is 16.9 Å². The fraction of sp³-hybridized carbons (Fsp3) is 0.179. The molecule has 1 fully saturated rings. The van der Waals surface area contributed by atoms with Gasteiger partial charge in [-0.1, -0.05) is 36.4 Å². The molecule has 6 rings (SSSR count). The molecule has 1 aliphatic rings. The van der Waals surface area contributed by atoms with Crippen molar-refractivity contribution < 1.29 is 0 Å². The molecule has 3 aromatic carbocycles. The van der Waals surface area contributed by atoms with Crippen molar-refractivity contribution in [3.8, 4) is 5.69 Å². The van der Waals surface area contributed by atoms with Gasteiger partial charge in [-0.3, -0.25) is 9.36 Å². The Morgan fingerprint density at radius 3 is 2.26 bits per heavy atom. The molecule has 0 amide bonds. The first kappa shape index (κ1) is 21.3. The molecule has 174 valence electrons. The van der Waals surface area contributed by atoms with Crippen LogP contribution in [0.5, 0.6) is 0 Å². The predicted octanol–water partition coefficient (Wildman–Crippen LogP) is 4.43. The number of anilines is 3. The Morgan fingerprint density at radius 1 is 0.771 bits per heavy atom. The first-order chi connectivity index (χ1) is 17.2. The summed E-state index contributed by atoms with van der Waals surface area (Å²) in [6.45, 7) is 4.21. The maximum absolute atomic E-state index is 13.5. The predicted molar refractivity (Wildman–Crippen MR) is 142 cm³/mol. The number of nitrogens with one attached hydrogen (secondary N) is 1. The molecule has 1 aliphatic heterocycles. The summed E-state index contributed by atoms with van der Waals surface area (Å²) in [5.74, 6) is 0.465. The topological polar surface area (TPSA) is 66.3 Å². The standard InChI is InChI=1S/C28H26N6O/c1-32-15-17-33(18-16-32)21-13-11-20(12-14-21)30-28-29-19-24-26(31-28)23-9-5-6-10-25(23)34(27(24)35)22-7-3-2-4-8-22/h2-14,19H,15-18H2,1H3,(H,29,30,31). The smallest absolute Gasteiger partial charge is 0.266 e. The van der Waals surface area contributed by atoms with Crippen LogP contribution in [0.4, 0.5) is 17.3 Å². The number of para-hydroxylation sites is 2. The van der Waals surface area contributed by atoms with Crippen molar-refractivity contribution in [2.24, 2.45) is 0 Å². The highest BCUT2D eigenvalue weighted by atomic mass is 16.1. The van der Waals surface area contributed by atoms with E-state index >= 15 is 0 Å². The van der Waals surface area contributed by atoms with Gasteiger partial charge in [0.2, 0.25) is 5.95 Å².